The first-order valence-electron chi connectivity index (χ1n) is 6.54. The maximum atomic E-state index is 12.9. The largest absolute Gasteiger partial charge is 0.511 e. The van der Waals surface area contributed by atoms with E-state index in [9.17, 15) is 21.6 Å². The Morgan fingerprint density at radius 3 is 1.45 bits per heavy atom. The van der Waals surface area contributed by atoms with Crippen LogP contribution < -0.4 is 0 Å². The highest BCUT2D eigenvalue weighted by Gasteiger charge is 2.65. The van der Waals surface area contributed by atoms with E-state index in [-0.39, 0.29) is 0 Å². The van der Waals surface area contributed by atoms with Gasteiger partial charge in [0.25, 0.3) is 0 Å². The highest BCUT2D eigenvalue weighted by atomic mass is 32.2. The van der Waals surface area contributed by atoms with Gasteiger partial charge in [0.15, 0.2) is 0 Å². The van der Waals surface area contributed by atoms with Crippen LogP contribution >= 0.6 is 0 Å². The second-order valence-electron chi connectivity index (χ2n) is 4.99. The fourth-order valence-corrected chi connectivity index (χ4v) is 3.85. The molecule has 3 nitrogen and oxygen atoms in total. The maximum absolute atomic E-state index is 12.9. The Bertz CT molecular complexity index is 715. The molecule has 0 bridgehead atoms. The molecule has 1 aliphatic rings. The van der Waals surface area contributed by atoms with Crippen LogP contribution in [0.3, 0.4) is 0 Å². The van der Waals surface area contributed by atoms with Gasteiger partial charge in [-0.25, -0.2) is 8.42 Å². The van der Waals surface area contributed by atoms with E-state index < -0.39 is 27.6 Å². The fourth-order valence-electron chi connectivity index (χ4n) is 2.59. The molecular weight excluding hydrogens is 315 g/mol. The summed E-state index contributed by atoms with van der Waals surface area (Å²) in [5, 5.41) is 0. The molecule has 7 heteroatoms. The Labute approximate surface area is 126 Å². The van der Waals surface area contributed by atoms with Gasteiger partial charge in [-0.1, -0.05) is 60.7 Å². The Morgan fingerprint density at radius 1 is 0.773 bits per heavy atom. The summed E-state index contributed by atoms with van der Waals surface area (Å²) in [5.74, 6) is 0. The Morgan fingerprint density at radius 2 is 1.14 bits per heavy atom. The van der Waals surface area contributed by atoms with E-state index >= 15 is 0 Å². The minimum Gasteiger partial charge on any atom is -0.203 e. The number of alkyl halides is 3. The molecule has 1 fully saturated rings. The summed E-state index contributed by atoms with van der Waals surface area (Å²) in [6.07, 6.45) is 0. The van der Waals surface area contributed by atoms with Gasteiger partial charge in [0, 0.05) is 0 Å². The van der Waals surface area contributed by atoms with Crippen molar-refractivity contribution < 1.29 is 21.6 Å². The van der Waals surface area contributed by atoms with Crippen molar-refractivity contribution in [2.24, 2.45) is 0 Å². The van der Waals surface area contributed by atoms with Crippen LogP contribution in [0.25, 0.3) is 0 Å². The van der Waals surface area contributed by atoms with Crippen molar-refractivity contribution in [3.63, 3.8) is 0 Å². The Kier molecular flexibility index (Phi) is 3.49. The van der Waals surface area contributed by atoms with Crippen LogP contribution in [0, 0.1) is 0 Å². The summed E-state index contributed by atoms with van der Waals surface area (Å²) >= 11 is 0. The molecule has 0 N–H and O–H groups in total. The molecule has 2 atom stereocenters. The molecule has 0 radical (unpaired) electrons. The SMILES string of the molecule is O=S(=O)(N1[C@H](c2ccccc2)[C@H]1c1ccccc1)C(F)(F)F. The molecule has 0 amide bonds. The zero-order chi connectivity index (χ0) is 16.0. The van der Waals surface area contributed by atoms with Gasteiger partial charge >= 0.3 is 15.5 Å². The van der Waals surface area contributed by atoms with Crippen molar-refractivity contribution in [2.75, 3.05) is 0 Å². The van der Waals surface area contributed by atoms with E-state index in [0.717, 1.165) is 0 Å². The molecule has 3 rings (SSSR count). The van der Waals surface area contributed by atoms with Crippen LogP contribution in [0.15, 0.2) is 60.7 Å². The average molecular weight is 327 g/mol. The summed E-state index contributed by atoms with van der Waals surface area (Å²) in [6.45, 7) is 0. The predicted molar refractivity (Wildman–Crippen MR) is 75.2 cm³/mol. The highest BCUT2D eigenvalue weighted by molar-refractivity contribution is 7.90. The lowest BCUT2D eigenvalue weighted by Crippen LogP contribution is -2.30. The second kappa shape index (κ2) is 5.10. The summed E-state index contributed by atoms with van der Waals surface area (Å²) in [4.78, 5) is 0. The number of rotatable bonds is 3. The zero-order valence-corrected chi connectivity index (χ0v) is 12.1. The third kappa shape index (κ3) is 2.40. The second-order valence-corrected chi connectivity index (χ2v) is 6.83. The smallest absolute Gasteiger partial charge is 0.203 e. The number of hydrogen-bond donors (Lipinski definition) is 0. The van der Waals surface area contributed by atoms with Crippen LogP contribution in [-0.2, 0) is 10.0 Å². The van der Waals surface area contributed by atoms with E-state index in [4.69, 9.17) is 0 Å². The van der Waals surface area contributed by atoms with E-state index in [1.165, 1.54) is 0 Å². The molecule has 0 saturated carbocycles. The first-order chi connectivity index (χ1) is 10.3. The van der Waals surface area contributed by atoms with Gasteiger partial charge in [0.2, 0.25) is 0 Å². The van der Waals surface area contributed by atoms with Crippen LogP contribution in [0.4, 0.5) is 13.2 Å². The van der Waals surface area contributed by atoms with Gasteiger partial charge in [-0.2, -0.15) is 17.5 Å². The maximum Gasteiger partial charge on any atom is 0.511 e. The normalized spacial score (nSPS) is 25.0. The number of benzene rings is 2. The molecule has 1 saturated heterocycles. The summed E-state index contributed by atoms with van der Waals surface area (Å²) in [7, 11) is -5.36. The summed E-state index contributed by atoms with van der Waals surface area (Å²) < 4.78 is 62.7. The van der Waals surface area contributed by atoms with Gasteiger partial charge in [-0.15, -0.1) is 0 Å². The van der Waals surface area contributed by atoms with Gasteiger partial charge < -0.3 is 0 Å². The van der Waals surface area contributed by atoms with Gasteiger partial charge in [0.05, 0.1) is 12.1 Å². The van der Waals surface area contributed by atoms with Crippen molar-refractivity contribution in [1.29, 1.82) is 0 Å². The molecule has 0 aliphatic carbocycles. The summed E-state index contributed by atoms with van der Waals surface area (Å²) in [6, 6.07) is 15.0. The van der Waals surface area contributed by atoms with Crippen molar-refractivity contribution in [2.45, 2.75) is 17.6 Å². The lowest BCUT2D eigenvalue weighted by atomic mass is 10.0. The zero-order valence-electron chi connectivity index (χ0n) is 11.2. The van der Waals surface area contributed by atoms with E-state index in [2.05, 4.69) is 0 Å². The number of halogens is 3. The number of hydrogen-bond acceptors (Lipinski definition) is 2. The van der Waals surface area contributed by atoms with Gasteiger partial charge in [-0.3, -0.25) is 0 Å². The lowest BCUT2D eigenvalue weighted by Gasteiger charge is -2.09. The molecule has 1 aliphatic heterocycles. The molecule has 116 valence electrons. The Hall–Kier alpha value is -1.86. The van der Waals surface area contributed by atoms with Crippen LogP contribution in [0.5, 0.6) is 0 Å². The molecule has 22 heavy (non-hydrogen) atoms. The first-order valence-corrected chi connectivity index (χ1v) is 7.98. The number of nitrogens with zero attached hydrogens (tertiary/aromatic N) is 1. The third-order valence-corrected chi connectivity index (χ3v) is 5.20. The lowest BCUT2D eigenvalue weighted by molar-refractivity contribution is -0.0469. The first kappa shape index (κ1) is 15.1. The predicted octanol–water partition coefficient (Wildman–Crippen LogP) is 3.63. The summed E-state index contributed by atoms with van der Waals surface area (Å²) in [5.41, 5.74) is -4.21. The molecule has 0 spiro atoms. The van der Waals surface area contributed by atoms with E-state index in [1.54, 1.807) is 60.7 Å². The van der Waals surface area contributed by atoms with E-state index in [1.807, 2.05) is 0 Å². The van der Waals surface area contributed by atoms with Crippen LogP contribution in [0.1, 0.15) is 23.2 Å². The van der Waals surface area contributed by atoms with Crippen LogP contribution in [-0.4, -0.2) is 18.2 Å². The molecule has 1 heterocycles. The third-order valence-electron chi connectivity index (χ3n) is 3.61. The minimum atomic E-state index is -5.36. The monoisotopic (exact) mass is 327 g/mol. The molecule has 2 aromatic rings. The Balaban J connectivity index is 2.04. The van der Waals surface area contributed by atoms with Crippen molar-refractivity contribution in [3.05, 3.63) is 71.8 Å². The molecule has 0 unspecified atom stereocenters. The van der Waals surface area contributed by atoms with E-state index in [0.29, 0.717) is 15.4 Å². The van der Waals surface area contributed by atoms with Crippen molar-refractivity contribution in [3.8, 4) is 0 Å². The standard InChI is InChI=1S/C15H12F3NO2S/c16-15(17,18)22(20,21)19-13(11-7-3-1-4-8-11)14(19)12-9-5-2-6-10-12/h1-10,13-14H/t13-,14-/m1/s1. The van der Waals surface area contributed by atoms with Gasteiger partial charge in [0.1, 0.15) is 0 Å². The number of sulfonamides is 1. The average Bonchev–Trinajstić information content (AvgIpc) is 3.24. The fraction of sp³-hybridized carbons (Fsp3) is 0.200. The van der Waals surface area contributed by atoms with Crippen LogP contribution in [0.2, 0.25) is 0 Å². The minimum absolute atomic E-state index is 0.525. The van der Waals surface area contributed by atoms with Gasteiger partial charge in [-0.05, 0) is 11.1 Å². The molecular formula is C15H12F3NO2S. The molecule has 0 aromatic heterocycles. The highest BCUT2D eigenvalue weighted by Crippen LogP contribution is 2.58. The quantitative estimate of drug-likeness (QED) is 0.807. The topological polar surface area (TPSA) is 37.1 Å². The van der Waals surface area contributed by atoms with Crippen molar-refractivity contribution >= 4 is 10.0 Å². The van der Waals surface area contributed by atoms with Crippen molar-refractivity contribution in [1.82, 2.24) is 4.31 Å². The molecule has 2 aromatic carbocycles.